The van der Waals surface area contributed by atoms with Crippen molar-refractivity contribution in [2.75, 3.05) is 12.3 Å². The van der Waals surface area contributed by atoms with Gasteiger partial charge >= 0.3 is 0 Å². The number of nitrogens with zero attached hydrogens (tertiary/aromatic N) is 3. The molecule has 0 atom stereocenters. The molecule has 0 aliphatic heterocycles. The van der Waals surface area contributed by atoms with Crippen LogP contribution < -0.4 is 10.5 Å². The van der Waals surface area contributed by atoms with E-state index in [1.165, 1.54) is 18.2 Å². The van der Waals surface area contributed by atoms with E-state index in [-0.39, 0.29) is 17.0 Å². The summed E-state index contributed by atoms with van der Waals surface area (Å²) < 4.78 is 28.5. The summed E-state index contributed by atoms with van der Waals surface area (Å²) in [5.74, 6) is 0. The first kappa shape index (κ1) is 15.0. The lowest BCUT2D eigenvalue weighted by Crippen LogP contribution is -2.26. The quantitative estimate of drug-likeness (QED) is 0.602. The Balaban J connectivity index is 2.00. The minimum Gasteiger partial charge on any atom is -0.399 e. The van der Waals surface area contributed by atoms with Crippen LogP contribution in [0, 0.1) is 11.3 Å². The lowest BCUT2D eigenvalue weighted by molar-refractivity contribution is 0.553. The highest BCUT2D eigenvalue weighted by atomic mass is 32.2. The first-order valence-electron chi connectivity index (χ1n) is 6.29. The van der Waals surface area contributed by atoms with Crippen LogP contribution in [-0.2, 0) is 16.6 Å². The van der Waals surface area contributed by atoms with Gasteiger partial charge in [-0.15, -0.1) is 0 Å². The van der Waals surface area contributed by atoms with Crippen molar-refractivity contribution >= 4 is 15.7 Å². The molecular formula is C13H15N5O2S. The molecule has 2 aromatic rings. The molecule has 0 unspecified atom stereocenters. The normalized spacial score (nSPS) is 11.2. The smallest absolute Gasteiger partial charge is 0.241 e. The molecule has 3 N–H and O–H groups in total. The van der Waals surface area contributed by atoms with Gasteiger partial charge in [0.05, 0.1) is 10.5 Å². The lowest BCUT2D eigenvalue weighted by atomic mass is 10.2. The molecule has 0 aliphatic carbocycles. The van der Waals surface area contributed by atoms with Crippen LogP contribution >= 0.6 is 0 Å². The highest BCUT2D eigenvalue weighted by molar-refractivity contribution is 7.89. The maximum absolute atomic E-state index is 12.2. The molecule has 2 rings (SSSR count). The second-order valence-electron chi connectivity index (χ2n) is 4.39. The van der Waals surface area contributed by atoms with Crippen LogP contribution in [0.3, 0.4) is 0 Å². The first-order valence-corrected chi connectivity index (χ1v) is 7.78. The fraction of sp³-hybridized carbons (Fsp3) is 0.231. The van der Waals surface area contributed by atoms with E-state index >= 15 is 0 Å². The highest BCUT2D eigenvalue weighted by Crippen LogP contribution is 2.17. The van der Waals surface area contributed by atoms with Crippen LogP contribution in [0.1, 0.15) is 12.0 Å². The average Bonchev–Trinajstić information content (AvgIpc) is 2.96. The Hall–Kier alpha value is -2.37. The predicted molar refractivity (Wildman–Crippen MR) is 77.6 cm³/mol. The van der Waals surface area contributed by atoms with Crippen molar-refractivity contribution in [1.82, 2.24) is 14.5 Å². The Labute approximate surface area is 123 Å². The molecule has 0 radical (unpaired) electrons. The summed E-state index contributed by atoms with van der Waals surface area (Å²) in [4.78, 5) is -0.0571. The summed E-state index contributed by atoms with van der Waals surface area (Å²) in [6.07, 6.45) is 4.07. The van der Waals surface area contributed by atoms with Crippen LogP contribution in [0.5, 0.6) is 0 Å². The van der Waals surface area contributed by atoms with E-state index < -0.39 is 10.0 Å². The number of rotatable bonds is 6. The molecule has 0 aliphatic rings. The van der Waals surface area contributed by atoms with E-state index in [1.807, 2.05) is 12.3 Å². The van der Waals surface area contributed by atoms with Gasteiger partial charge in [0.15, 0.2) is 0 Å². The van der Waals surface area contributed by atoms with Crippen molar-refractivity contribution in [1.29, 1.82) is 5.26 Å². The summed E-state index contributed by atoms with van der Waals surface area (Å²) in [6, 6.07) is 7.79. The minimum atomic E-state index is -3.72. The van der Waals surface area contributed by atoms with Gasteiger partial charge in [0.25, 0.3) is 0 Å². The number of anilines is 1. The zero-order chi connectivity index (χ0) is 15.3. The molecule has 7 nitrogen and oxygen atoms in total. The van der Waals surface area contributed by atoms with Crippen molar-refractivity contribution in [3.63, 3.8) is 0 Å². The molecule has 0 saturated carbocycles. The molecule has 1 aromatic heterocycles. The van der Waals surface area contributed by atoms with Crippen LogP contribution in [0.4, 0.5) is 5.69 Å². The molecule has 1 aromatic carbocycles. The summed E-state index contributed by atoms with van der Waals surface area (Å²) in [7, 11) is -3.72. The number of nitrogens with two attached hydrogens (primary N) is 1. The van der Waals surface area contributed by atoms with E-state index in [9.17, 15) is 8.42 Å². The number of aryl methyl sites for hydroxylation is 1. The summed E-state index contributed by atoms with van der Waals surface area (Å²) in [5.41, 5.74) is 5.93. The Kier molecular flexibility index (Phi) is 4.57. The largest absolute Gasteiger partial charge is 0.399 e. The Morgan fingerprint density at radius 1 is 1.43 bits per heavy atom. The van der Waals surface area contributed by atoms with Crippen LogP contribution in [-0.4, -0.2) is 24.7 Å². The maximum atomic E-state index is 12.2. The molecule has 1 heterocycles. The number of nitriles is 1. The minimum absolute atomic E-state index is 0.0366. The Bertz CT molecular complexity index is 747. The number of nitrogens with one attached hydrogen (secondary N) is 1. The molecule has 0 spiro atoms. The third-order valence-electron chi connectivity index (χ3n) is 2.83. The Morgan fingerprint density at radius 2 is 2.24 bits per heavy atom. The molecule has 110 valence electrons. The molecule has 8 heteroatoms. The number of sulfonamides is 1. The third-order valence-corrected chi connectivity index (χ3v) is 4.35. The van der Waals surface area contributed by atoms with Gasteiger partial charge in [-0.3, -0.25) is 4.68 Å². The summed E-state index contributed by atoms with van der Waals surface area (Å²) >= 11 is 0. The van der Waals surface area contributed by atoms with Crippen molar-refractivity contribution in [2.24, 2.45) is 0 Å². The van der Waals surface area contributed by atoms with Gasteiger partial charge in [-0.05, 0) is 30.7 Å². The van der Waals surface area contributed by atoms with E-state index in [0.29, 0.717) is 18.7 Å². The van der Waals surface area contributed by atoms with Crippen molar-refractivity contribution < 1.29 is 8.42 Å². The molecular weight excluding hydrogens is 290 g/mol. The third kappa shape index (κ3) is 3.81. The summed E-state index contributed by atoms with van der Waals surface area (Å²) in [5, 5.41) is 13.0. The van der Waals surface area contributed by atoms with Crippen molar-refractivity contribution in [3.8, 4) is 6.07 Å². The van der Waals surface area contributed by atoms with Crippen molar-refractivity contribution in [2.45, 2.75) is 17.9 Å². The van der Waals surface area contributed by atoms with Gasteiger partial charge in [0, 0.05) is 31.2 Å². The second kappa shape index (κ2) is 6.39. The number of nitrogen functional groups attached to an aromatic ring is 1. The SMILES string of the molecule is N#Cc1cc(N)ccc1S(=O)(=O)NCCCn1cccn1. The van der Waals surface area contributed by atoms with Gasteiger partial charge < -0.3 is 5.73 Å². The fourth-order valence-corrected chi connectivity index (χ4v) is 3.04. The van der Waals surface area contributed by atoms with Gasteiger partial charge in [-0.2, -0.15) is 10.4 Å². The predicted octanol–water partition coefficient (Wildman–Crippen LogP) is 0.706. The van der Waals surface area contributed by atoms with E-state index in [2.05, 4.69) is 9.82 Å². The standard InChI is InChI=1S/C13H15N5O2S/c14-10-11-9-12(15)3-4-13(11)21(19,20)17-6-2-8-18-7-1-5-16-18/h1,3-5,7,9,17H,2,6,8,15H2. The number of hydrogen-bond donors (Lipinski definition) is 2. The Morgan fingerprint density at radius 3 is 2.90 bits per heavy atom. The van der Waals surface area contributed by atoms with Gasteiger partial charge in [-0.1, -0.05) is 0 Å². The van der Waals surface area contributed by atoms with Crippen LogP contribution in [0.25, 0.3) is 0 Å². The van der Waals surface area contributed by atoms with Crippen LogP contribution in [0.15, 0.2) is 41.6 Å². The monoisotopic (exact) mass is 305 g/mol. The topological polar surface area (TPSA) is 114 Å². The molecule has 21 heavy (non-hydrogen) atoms. The fourth-order valence-electron chi connectivity index (χ4n) is 1.83. The molecule has 0 amide bonds. The van der Waals surface area contributed by atoms with E-state index in [0.717, 1.165) is 0 Å². The van der Waals surface area contributed by atoms with Crippen molar-refractivity contribution in [3.05, 3.63) is 42.2 Å². The zero-order valence-corrected chi connectivity index (χ0v) is 12.0. The van der Waals surface area contributed by atoms with Gasteiger partial charge in [-0.25, -0.2) is 13.1 Å². The number of benzene rings is 1. The zero-order valence-electron chi connectivity index (χ0n) is 11.2. The highest BCUT2D eigenvalue weighted by Gasteiger charge is 2.18. The van der Waals surface area contributed by atoms with Gasteiger partial charge in [0.1, 0.15) is 6.07 Å². The number of hydrogen-bond acceptors (Lipinski definition) is 5. The first-order chi connectivity index (χ1) is 10.0. The molecule has 0 fully saturated rings. The molecule has 0 saturated heterocycles. The maximum Gasteiger partial charge on any atom is 0.241 e. The lowest BCUT2D eigenvalue weighted by Gasteiger charge is -2.08. The molecule has 0 bridgehead atoms. The average molecular weight is 305 g/mol. The second-order valence-corrected chi connectivity index (χ2v) is 6.12. The van der Waals surface area contributed by atoms with Crippen LogP contribution in [0.2, 0.25) is 0 Å². The number of aromatic nitrogens is 2. The van der Waals surface area contributed by atoms with E-state index in [4.69, 9.17) is 11.0 Å². The van der Waals surface area contributed by atoms with Gasteiger partial charge in [0.2, 0.25) is 10.0 Å². The van der Waals surface area contributed by atoms with E-state index in [1.54, 1.807) is 16.9 Å². The summed E-state index contributed by atoms with van der Waals surface area (Å²) in [6.45, 7) is 0.875.